The number of carbonyl (C=O) groups is 1. The summed E-state index contributed by atoms with van der Waals surface area (Å²) in [6.07, 6.45) is 16.4. The van der Waals surface area contributed by atoms with E-state index >= 15 is 0 Å². The van der Waals surface area contributed by atoms with E-state index in [0.29, 0.717) is 0 Å². The maximum absolute atomic E-state index is 12.0. The Hall–Kier alpha value is -0.530. The molecule has 0 saturated carbocycles. The van der Waals surface area contributed by atoms with Gasteiger partial charge < -0.3 is 5.32 Å². The van der Waals surface area contributed by atoms with Crippen LogP contribution in [0.15, 0.2) is 0 Å². The molecule has 1 atom stereocenters. The molecule has 1 amide bonds. The molecule has 0 rings (SSSR count). The van der Waals surface area contributed by atoms with Gasteiger partial charge in [-0.15, -0.1) is 0 Å². The molecular formula is C19H39NO. The van der Waals surface area contributed by atoms with Crippen LogP contribution >= 0.6 is 0 Å². The molecule has 0 aliphatic heterocycles. The predicted molar refractivity (Wildman–Crippen MR) is 93.5 cm³/mol. The number of hydrogen-bond donors (Lipinski definition) is 1. The lowest BCUT2D eigenvalue weighted by molar-refractivity contribution is -0.125. The fourth-order valence-corrected chi connectivity index (χ4v) is 2.76. The van der Waals surface area contributed by atoms with Crippen molar-refractivity contribution in [3.63, 3.8) is 0 Å². The molecule has 126 valence electrons. The van der Waals surface area contributed by atoms with Gasteiger partial charge in [-0.05, 0) is 19.3 Å². The number of unbranched alkanes of at least 4 members (excludes halogenated alkanes) is 9. The summed E-state index contributed by atoms with van der Waals surface area (Å²) in [5.74, 6) is 0.522. The second-order valence-corrected chi connectivity index (χ2v) is 6.37. The highest BCUT2D eigenvalue weighted by Gasteiger charge is 2.14. The van der Waals surface area contributed by atoms with Crippen molar-refractivity contribution in [3.05, 3.63) is 0 Å². The molecule has 0 aromatic heterocycles. The van der Waals surface area contributed by atoms with Gasteiger partial charge in [-0.3, -0.25) is 4.79 Å². The Bertz CT molecular complexity index is 228. The zero-order valence-corrected chi connectivity index (χ0v) is 14.9. The highest BCUT2D eigenvalue weighted by molar-refractivity contribution is 5.78. The van der Waals surface area contributed by atoms with Gasteiger partial charge in [-0.2, -0.15) is 0 Å². The van der Waals surface area contributed by atoms with Crippen LogP contribution in [0, 0.1) is 5.92 Å². The van der Waals surface area contributed by atoms with Crippen molar-refractivity contribution >= 4 is 5.91 Å². The highest BCUT2D eigenvalue weighted by Crippen LogP contribution is 2.13. The third-order valence-electron chi connectivity index (χ3n) is 4.35. The van der Waals surface area contributed by atoms with Gasteiger partial charge in [0.1, 0.15) is 0 Å². The number of nitrogens with one attached hydrogen (secondary N) is 1. The van der Waals surface area contributed by atoms with Crippen LogP contribution in [0.2, 0.25) is 0 Å². The molecule has 0 spiro atoms. The van der Waals surface area contributed by atoms with Crippen molar-refractivity contribution in [3.8, 4) is 0 Å². The van der Waals surface area contributed by atoms with E-state index in [9.17, 15) is 4.79 Å². The third kappa shape index (κ3) is 12.9. The highest BCUT2D eigenvalue weighted by atomic mass is 16.1. The molecule has 1 N–H and O–H groups in total. The SMILES string of the molecule is CCCCCCCCCCCNC(=O)C(CC)CCCC. The summed E-state index contributed by atoms with van der Waals surface area (Å²) < 4.78 is 0. The summed E-state index contributed by atoms with van der Waals surface area (Å²) >= 11 is 0. The Morgan fingerprint density at radius 3 is 1.81 bits per heavy atom. The molecule has 0 bridgehead atoms. The van der Waals surface area contributed by atoms with Crippen molar-refractivity contribution in [1.29, 1.82) is 0 Å². The Morgan fingerprint density at radius 1 is 0.762 bits per heavy atom. The summed E-state index contributed by atoms with van der Waals surface area (Å²) in [6, 6.07) is 0. The molecule has 21 heavy (non-hydrogen) atoms. The molecule has 0 saturated heterocycles. The minimum Gasteiger partial charge on any atom is -0.356 e. The number of hydrogen-bond acceptors (Lipinski definition) is 1. The number of amides is 1. The van der Waals surface area contributed by atoms with Crippen LogP contribution in [0.5, 0.6) is 0 Å². The van der Waals surface area contributed by atoms with Crippen molar-refractivity contribution < 1.29 is 4.79 Å². The van der Waals surface area contributed by atoms with Gasteiger partial charge in [-0.25, -0.2) is 0 Å². The first-order valence-electron chi connectivity index (χ1n) is 9.53. The molecule has 0 radical (unpaired) electrons. The van der Waals surface area contributed by atoms with E-state index in [1.54, 1.807) is 0 Å². The van der Waals surface area contributed by atoms with Gasteiger partial charge in [0.2, 0.25) is 5.91 Å². The van der Waals surface area contributed by atoms with Gasteiger partial charge >= 0.3 is 0 Å². The Balaban J connectivity index is 3.38. The summed E-state index contributed by atoms with van der Waals surface area (Å²) in [5, 5.41) is 3.12. The summed E-state index contributed by atoms with van der Waals surface area (Å²) in [7, 11) is 0. The van der Waals surface area contributed by atoms with E-state index in [4.69, 9.17) is 0 Å². The first kappa shape index (κ1) is 20.5. The molecule has 0 aliphatic rings. The van der Waals surface area contributed by atoms with E-state index in [1.165, 1.54) is 64.2 Å². The minimum atomic E-state index is 0.239. The maximum Gasteiger partial charge on any atom is 0.223 e. The van der Waals surface area contributed by atoms with E-state index in [2.05, 4.69) is 26.1 Å². The Labute approximate surface area is 133 Å². The smallest absolute Gasteiger partial charge is 0.223 e. The number of carbonyl (C=O) groups excluding carboxylic acids is 1. The molecule has 2 nitrogen and oxygen atoms in total. The monoisotopic (exact) mass is 297 g/mol. The van der Waals surface area contributed by atoms with Crippen LogP contribution in [0.4, 0.5) is 0 Å². The van der Waals surface area contributed by atoms with Crippen molar-refractivity contribution in [2.24, 2.45) is 5.92 Å². The largest absolute Gasteiger partial charge is 0.356 e. The first-order valence-corrected chi connectivity index (χ1v) is 9.53. The summed E-state index contributed by atoms with van der Waals surface area (Å²) in [6.45, 7) is 7.45. The van der Waals surface area contributed by atoms with E-state index in [0.717, 1.165) is 25.8 Å². The van der Waals surface area contributed by atoms with E-state index < -0.39 is 0 Å². The third-order valence-corrected chi connectivity index (χ3v) is 4.35. The second-order valence-electron chi connectivity index (χ2n) is 6.37. The molecule has 0 aliphatic carbocycles. The molecule has 0 aromatic rings. The number of rotatable bonds is 15. The van der Waals surface area contributed by atoms with Crippen LogP contribution in [0.25, 0.3) is 0 Å². The van der Waals surface area contributed by atoms with Gasteiger partial charge in [0.25, 0.3) is 0 Å². The fraction of sp³-hybridized carbons (Fsp3) is 0.947. The quantitative estimate of drug-likeness (QED) is 0.377. The van der Waals surface area contributed by atoms with E-state index in [-0.39, 0.29) is 11.8 Å². The van der Waals surface area contributed by atoms with Crippen molar-refractivity contribution in [1.82, 2.24) is 5.32 Å². The molecule has 0 aromatic carbocycles. The van der Waals surface area contributed by atoms with Crippen LogP contribution in [-0.4, -0.2) is 12.5 Å². The van der Waals surface area contributed by atoms with Gasteiger partial charge in [-0.1, -0.05) is 85.0 Å². The minimum absolute atomic E-state index is 0.239. The Morgan fingerprint density at radius 2 is 1.29 bits per heavy atom. The summed E-state index contributed by atoms with van der Waals surface area (Å²) in [4.78, 5) is 12.0. The molecule has 2 heteroatoms. The fourth-order valence-electron chi connectivity index (χ4n) is 2.76. The normalized spacial score (nSPS) is 12.3. The van der Waals surface area contributed by atoms with Crippen LogP contribution in [-0.2, 0) is 4.79 Å². The average molecular weight is 298 g/mol. The topological polar surface area (TPSA) is 29.1 Å². The average Bonchev–Trinajstić information content (AvgIpc) is 2.50. The zero-order valence-electron chi connectivity index (χ0n) is 14.9. The van der Waals surface area contributed by atoms with Gasteiger partial charge in [0, 0.05) is 12.5 Å². The standard InChI is InChI=1S/C19H39NO/c1-4-7-9-10-11-12-13-14-15-17-20-19(21)18(6-3)16-8-5-2/h18H,4-17H2,1-3H3,(H,20,21). The lowest BCUT2D eigenvalue weighted by Crippen LogP contribution is -2.31. The second kappa shape index (κ2) is 15.9. The lowest BCUT2D eigenvalue weighted by Gasteiger charge is -2.14. The maximum atomic E-state index is 12.0. The van der Waals surface area contributed by atoms with Gasteiger partial charge in [0.15, 0.2) is 0 Å². The lowest BCUT2D eigenvalue weighted by atomic mass is 9.98. The van der Waals surface area contributed by atoms with Crippen LogP contribution in [0.3, 0.4) is 0 Å². The van der Waals surface area contributed by atoms with Crippen LogP contribution < -0.4 is 5.32 Å². The van der Waals surface area contributed by atoms with Crippen molar-refractivity contribution in [2.75, 3.05) is 6.54 Å². The molecule has 1 unspecified atom stereocenters. The molecule has 0 heterocycles. The molecule has 0 fully saturated rings. The van der Waals surface area contributed by atoms with Crippen LogP contribution in [0.1, 0.15) is 104 Å². The van der Waals surface area contributed by atoms with Gasteiger partial charge in [0.05, 0.1) is 0 Å². The first-order chi connectivity index (χ1) is 10.3. The van der Waals surface area contributed by atoms with E-state index in [1.807, 2.05) is 0 Å². The van der Waals surface area contributed by atoms with Crippen molar-refractivity contribution in [2.45, 2.75) is 104 Å². The molecular weight excluding hydrogens is 258 g/mol. The zero-order chi connectivity index (χ0) is 15.8. The predicted octanol–water partition coefficient (Wildman–Crippen LogP) is 5.85. The summed E-state index contributed by atoms with van der Waals surface area (Å²) in [5.41, 5.74) is 0. The Kier molecular flexibility index (Phi) is 15.5.